The van der Waals surface area contributed by atoms with Gasteiger partial charge in [-0.1, -0.05) is 19.8 Å². The third kappa shape index (κ3) is 4.10. The molecule has 2 nitrogen and oxygen atoms in total. The van der Waals surface area contributed by atoms with Crippen LogP contribution in [0.4, 0.5) is 0 Å². The van der Waals surface area contributed by atoms with Crippen molar-refractivity contribution in [3.63, 3.8) is 0 Å². The summed E-state index contributed by atoms with van der Waals surface area (Å²) in [6, 6.07) is 0. The fourth-order valence-electron chi connectivity index (χ4n) is 2.05. The molecule has 0 amide bonds. The minimum Gasteiger partial charge on any atom is -0.373 e. The molecule has 1 aliphatic heterocycles. The van der Waals surface area contributed by atoms with Gasteiger partial charge in [0.2, 0.25) is 0 Å². The van der Waals surface area contributed by atoms with Gasteiger partial charge < -0.3 is 4.74 Å². The summed E-state index contributed by atoms with van der Waals surface area (Å²) in [5, 5.41) is 0. The zero-order chi connectivity index (χ0) is 9.68. The molecular formula is C11H23NO. The van der Waals surface area contributed by atoms with Crippen LogP contribution < -0.4 is 0 Å². The largest absolute Gasteiger partial charge is 0.373 e. The molecule has 0 aliphatic carbocycles. The van der Waals surface area contributed by atoms with Gasteiger partial charge in [0.25, 0.3) is 0 Å². The molecule has 13 heavy (non-hydrogen) atoms. The molecule has 78 valence electrons. The first kappa shape index (κ1) is 11.0. The summed E-state index contributed by atoms with van der Waals surface area (Å²) >= 11 is 0. The fourth-order valence-corrected chi connectivity index (χ4v) is 2.05. The summed E-state index contributed by atoms with van der Waals surface area (Å²) < 4.78 is 5.68. The second-order valence-electron chi connectivity index (χ2n) is 4.22. The summed E-state index contributed by atoms with van der Waals surface area (Å²) in [5.74, 6) is 0. The molecule has 2 unspecified atom stereocenters. The van der Waals surface area contributed by atoms with Crippen LogP contribution in [0.2, 0.25) is 0 Å². The van der Waals surface area contributed by atoms with E-state index in [1.54, 1.807) is 0 Å². The Morgan fingerprint density at radius 1 is 1.15 bits per heavy atom. The highest BCUT2D eigenvalue weighted by Gasteiger charge is 2.21. The Labute approximate surface area is 82.3 Å². The van der Waals surface area contributed by atoms with Gasteiger partial charge in [0.1, 0.15) is 0 Å². The molecule has 2 atom stereocenters. The molecule has 0 radical (unpaired) electrons. The molecule has 1 fully saturated rings. The van der Waals surface area contributed by atoms with Crippen molar-refractivity contribution in [1.29, 1.82) is 0 Å². The topological polar surface area (TPSA) is 12.5 Å². The predicted octanol–water partition coefficient (Wildman–Crippen LogP) is 2.29. The van der Waals surface area contributed by atoms with Gasteiger partial charge in [-0.2, -0.15) is 0 Å². The lowest BCUT2D eigenvalue weighted by Crippen LogP contribution is -2.45. The van der Waals surface area contributed by atoms with E-state index in [0.717, 1.165) is 13.1 Å². The van der Waals surface area contributed by atoms with Crippen LogP contribution in [-0.2, 0) is 4.74 Å². The minimum absolute atomic E-state index is 0.422. The van der Waals surface area contributed by atoms with Crippen LogP contribution in [0.1, 0.15) is 40.0 Å². The number of morpholine rings is 1. The maximum Gasteiger partial charge on any atom is 0.0678 e. The smallest absolute Gasteiger partial charge is 0.0678 e. The van der Waals surface area contributed by atoms with E-state index in [1.807, 2.05) is 0 Å². The van der Waals surface area contributed by atoms with E-state index in [0.29, 0.717) is 12.2 Å². The van der Waals surface area contributed by atoms with Crippen LogP contribution in [0.25, 0.3) is 0 Å². The van der Waals surface area contributed by atoms with Gasteiger partial charge in [0, 0.05) is 13.1 Å². The van der Waals surface area contributed by atoms with E-state index in [9.17, 15) is 0 Å². The van der Waals surface area contributed by atoms with Crippen molar-refractivity contribution < 1.29 is 4.74 Å². The van der Waals surface area contributed by atoms with Gasteiger partial charge >= 0.3 is 0 Å². The minimum atomic E-state index is 0.422. The van der Waals surface area contributed by atoms with Crippen LogP contribution in [-0.4, -0.2) is 36.7 Å². The number of unbranched alkanes of at least 4 members (excludes halogenated alkanes) is 2. The first-order chi connectivity index (χ1) is 6.22. The number of ether oxygens (including phenoxy) is 1. The molecule has 1 rings (SSSR count). The second-order valence-corrected chi connectivity index (χ2v) is 4.22. The highest BCUT2D eigenvalue weighted by atomic mass is 16.5. The summed E-state index contributed by atoms with van der Waals surface area (Å²) in [4.78, 5) is 2.54. The van der Waals surface area contributed by atoms with Crippen molar-refractivity contribution in [2.24, 2.45) is 0 Å². The van der Waals surface area contributed by atoms with Crippen molar-refractivity contribution >= 4 is 0 Å². The number of rotatable bonds is 4. The molecule has 0 spiro atoms. The maximum absolute atomic E-state index is 5.68. The third-order valence-electron chi connectivity index (χ3n) is 2.57. The number of hydrogen-bond acceptors (Lipinski definition) is 2. The lowest BCUT2D eigenvalue weighted by molar-refractivity contribution is -0.0681. The number of nitrogens with zero attached hydrogens (tertiary/aromatic N) is 1. The quantitative estimate of drug-likeness (QED) is 0.623. The first-order valence-electron chi connectivity index (χ1n) is 5.60. The highest BCUT2D eigenvalue weighted by molar-refractivity contribution is 4.72. The third-order valence-corrected chi connectivity index (χ3v) is 2.57. The summed E-state index contributed by atoms with van der Waals surface area (Å²) in [7, 11) is 0. The van der Waals surface area contributed by atoms with E-state index in [4.69, 9.17) is 4.74 Å². The van der Waals surface area contributed by atoms with Gasteiger partial charge in [-0.3, -0.25) is 4.90 Å². The molecule has 0 aromatic heterocycles. The monoisotopic (exact) mass is 185 g/mol. The number of hydrogen-bond donors (Lipinski definition) is 0. The van der Waals surface area contributed by atoms with Gasteiger partial charge in [-0.15, -0.1) is 0 Å². The van der Waals surface area contributed by atoms with Crippen molar-refractivity contribution in [3.05, 3.63) is 0 Å². The van der Waals surface area contributed by atoms with Gasteiger partial charge in [0.15, 0.2) is 0 Å². The Morgan fingerprint density at radius 3 is 2.31 bits per heavy atom. The molecule has 1 saturated heterocycles. The lowest BCUT2D eigenvalue weighted by atomic mass is 10.2. The molecular weight excluding hydrogens is 162 g/mol. The van der Waals surface area contributed by atoms with E-state index in [2.05, 4.69) is 25.7 Å². The average molecular weight is 185 g/mol. The standard InChI is InChI=1S/C11H23NO/c1-4-5-6-7-12-8-10(2)13-11(3)9-12/h10-11H,4-9H2,1-3H3. The van der Waals surface area contributed by atoms with E-state index < -0.39 is 0 Å². The Hall–Kier alpha value is -0.0800. The molecule has 0 aromatic carbocycles. The zero-order valence-electron chi connectivity index (χ0n) is 9.25. The van der Waals surface area contributed by atoms with Crippen LogP contribution in [0.3, 0.4) is 0 Å². The van der Waals surface area contributed by atoms with Crippen LogP contribution in [0.5, 0.6) is 0 Å². The average Bonchev–Trinajstić information content (AvgIpc) is 2.03. The molecule has 0 N–H and O–H groups in total. The van der Waals surface area contributed by atoms with E-state index in [-0.39, 0.29) is 0 Å². The van der Waals surface area contributed by atoms with Crippen molar-refractivity contribution in [2.75, 3.05) is 19.6 Å². The molecule has 0 bridgehead atoms. The van der Waals surface area contributed by atoms with Gasteiger partial charge in [0.05, 0.1) is 12.2 Å². The van der Waals surface area contributed by atoms with Gasteiger partial charge in [-0.25, -0.2) is 0 Å². The van der Waals surface area contributed by atoms with Crippen molar-refractivity contribution in [1.82, 2.24) is 4.90 Å². The Morgan fingerprint density at radius 2 is 1.77 bits per heavy atom. The first-order valence-corrected chi connectivity index (χ1v) is 5.60. The lowest BCUT2D eigenvalue weighted by Gasteiger charge is -2.35. The van der Waals surface area contributed by atoms with Gasteiger partial charge in [-0.05, 0) is 26.8 Å². The normalized spacial score (nSPS) is 30.7. The van der Waals surface area contributed by atoms with E-state index >= 15 is 0 Å². The molecule has 0 aromatic rings. The Bertz CT molecular complexity index is 128. The fraction of sp³-hybridized carbons (Fsp3) is 1.00. The van der Waals surface area contributed by atoms with Crippen LogP contribution in [0.15, 0.2) is 0 Å². The molecule has 2 heteroatoms. The summed E-state index contributed by atoms with van der Waals surface area (Å²) in [6.45, 7) is 10.1. The highest BCUT2D eigenvalue weighted by Crippen LogP contribution is 2.11. The molecule has 1 aliphatic rings. The predicted molar refractivity (Wildman–Crippen MR) is 56.0 cm³/mol. The SMILES string of the molecule is CCCCCN1CC(C)OC(C)C1. The van der Waals surface area contributed by atoms with Crippen LogP contribution in [0, 0.1) is 0 Å². The van der Waals surface area contributed by atoms with E-state index in [1.165, 1.54) is 25.8 Å². The zero-order valence-corrected chi connectivity index (χ0v) is 9.25. The molecule has 0 saturated carbocycles. The van der Waals surface area contributed by atoms with Crippen molar-refractivity contribution in [2.45, 2.75) is 52.2 Å². The maximum atomic E-state index is 5.68. The summed E-state index contributed by atoms with van der Waals surface area (Å²) in [5.41, 5.74) is 0. The molecule has 1 heterocycles. The summed E-state index contributed by atoms with van der Waals surface area (Å²) in [6.07, 6.45) is 4.86. The second kappa shape index (κ2) is 5.61. The Balaban J connectivity index is 2.17. The Kier molecular flexibility index (Phi) is 4.74. The van der Waals surface area contributed by atoms with Crippen molar-refractivity contribution in [3.8, 4) is 0 Å². The van der Waals surface area contributed by atoms with Crippen LogP contribution >= 0.6 is 0 Å².